The van der Waals surface area contributed by atoms with Crippen molar-refractivity contribution in [1.82, 2.24) is 15.2 Å². The number of aromatic nitrogens is 3. The average Bonchev–Trinajstić information content (AvgIpc) is 2.39. The van der Waals surface area contributed by atoms with Crippen molar-refractivity contribution in [2.75, 3.05) is 5.32 Å². The third kappa shape index (κ3) is 3.05. The molecule has 1 aromatic carbocycles. The Balaban J connectivity index is 2.27. The molecule has 5 nitrogen and oxygen atoms in total. The van der Waals surface area contributed by atoms with Crippen molar-refractivity contribution in [3.8, 4) is 0 Å². The van der Waals surface area contributed by atoms with Crippen molar-refractivity contribution in [1.29, 1.82) is 0 Å². The van der Waals surface area contributed by atoms with Gasteiger partial charge in [0.25, 0.3) is 5.91 Å². The second-order valence-electron chi connectivity index (χ2n) is 3.61. The van der Waals surface area contributed by atoms with Crippen LogP contribution in [0.15, 0.2) is 30.6 Å². The summed E-state index contributed by atoms with van der Waals surface area (Å²) in [4.78, 5) is 15.3. The standard InChI is InChI=1S/C11H6F4N4O/c12-8-2-1-6(5-7(8)11(13,14)15)9(20)18-10-16-3-4-17-19-10/h1-5H,(H,16,18,19,20). The summed E-state index contributed by atoms with van der Waals surface area (Å²) in [5.74, 6) is -2.52. The summed E-state index contributed by atoms with van der Waals surface area (Å²) in [7, 11) is 0. The van der Waals surface area contributed by atoms with Crippen molar-refractivity contribution in [3.05, 3.63) is 47.5 Å². The predicted molar refractivity (Wildman–Crippen MR) is 59.2 cm³/mol. The molecule has 0 saturated carbocycles. The van der Waals surface area contributed by atoms with E-state index in [-0.39, 0.29) is 11.5 Å². The Kier molecular flexibility index (Phi) is 3.59. The zero-order valence-electron chi connectivity index (χ0n) is 9.65. The van der Waals surface area contributed by atoms with Crippen LogP contribution in [0.1, 0.15) is 15.9 Å². The van der Waals surface area contributed by atoms with E-state index in [0.717, 1.165) is 6.07 Å². The highest BCUT2D eigenvalue weighted by Gasteiger charge is 2.34. The molecular formula is C11H6F4N4O. The van der Waals surface area contributed by atoms with Gasteiger partial charge in [0.15, 0.2) is 0 Å². The van der Waals surface area contributed by atoms with Gasteiger partial charge < -0.3 is 0 Å². The largest absolute Gasteiger partial charge is 0.419 e. The predicted octanol–water partition coefficient (Wildman–Crippen LogP) is 2.28. The number of hydrogen-bond acceptors (Lipinski definition) is 4. The van der Waals surface area contributed by atoms with E-state index in [1.807, 2.05) is 0 Å². The van der Waals surface area contributed by atoms with E-state index in [2.05, 4.69) is 20.5 Å². The van der Waals surface area contributed by atoms with E-state index < -0.39 is 23.5 Å². The lowest BCUT2D eigenvalue weighted by atomic mass is 10.1. The lowest BCUT2D eigenvalue weighted by Crippen LogP contribution is -2.16. The molecule has 0 spiro atoms. The van der Waals surface area contributed by atoms with Crippen LogP contribution in [0.2, 0.25) is 0 Å². The van der Waals surface area contributed by atoms with E-state index in [4.69, 9.17) is 0 Å². The van der Waals surface area contributed by atoms with Gasteiger partial charge in [0.1, 0.15) is 5.82 Å². The van der Waals surface area contributed by atoms with Crippen LogP contribution in [0.3, 0.4) is 0 Å². The topological polar surface area (TPSA) is 67.8 Å². The van der Waals surface area contributed by atoms with Crippen LogP contribution in [-0.2, 0) is 6.18 Å². The molecular weight excluding hydrogens is 280 g/mol. The minimum atomic E-state index is -4.88. The minimum absolute atomic E-state index is 0.171. The fourth-order valence-corrected chi connectivity index (χ4v) is 1.36. The molecule has 1 N–H and O–H groups in total. The number of carbonyl (C=O) groups is 1. The monoisotopic (exact) mass is 286 g/mol. The Bertz CT molecular complexity index is 630. The fraction of sp³-hybridized carbons (Fsp3) is 0.0909. The number of rotatable bonds is 2. The van der Waals surface area contributed by atoms with Crippen molar-refractivity contribution < 1.29 is 22.4 Å². The summed E-state index contributed by atoms with van der Waals surface area (Å²) in [6.07, 6.45) is -2.38. The molecule has 1 heterocycles. The van der Waals surface area contributed by atoms with Crippen LogP contribution in [0, 0.1) is 5.82 Å². The number of alkyl halides is 3. The number of carbonyl (C=O) groups excluding carboxylic acids is 1. The molecule has 0 bridgehead atoms. The van der Waals surface area contributed by atoms with E-state index in [1.54, 1.807) is 0 Å². The van der Waals surface area contributed by atoms with Gasteiger partial charge in [-0.25, -0.2) is 9.37 Å². The highest BCUT2D eigenvalue weighted by atomic mass is 19.4. The number of nitrogens with zero attached hydrogens (tertiary/aromatic N) is 3. The molecule has 2 rings (SSSR count). The van der Waals surface area contributed by atoms with Crippen LogP contribution in [-0.4, -0.2) is 21.1 Å². The summed E-state index contributed by atoms with van der Waals surface area (Å²) in [5.41, 5.74) is -1.89. The first-order valence-electron chi connectivity index (χ1n) is 5.20. The smallest absolute Gasteiger partial charge is 0.289 e. The van der Waals surface area contributed by atoms with Crippen molar-refractivity contribution in [2.24, 2.45) is 0 Å². The van der Waals surface area contributed by atoms with Crippen molar-refractivity contribution in [2.45, 2.75) is 6.18 Å². The number of amides is 1. The molecule has 2 aromatic rings. The van der Waals surface area contributed by atoms with Crippen molar-refractivity contribution in [3.63, 3.8) is 0 Å². The number of halogens is 4. The van der Waals surface area contributed by atoms with Gasteiger partial charge in [-0.3, -0.25) is 10.1 Å². The van der Waals surface area contributed by atoms with Gasteiger partial charge in [0.2, 0.25) is 5.95 Å². The van der Waals surface area contributed by atoms with E-state index >= 15 is 0 Å². The Morgan fingerprint density at radius 2 is 1.95 bits per heavy atom. The lowest BCUT2D eigenvalue weighted by molar-refractivity contribution is -0.140. The fourth-order valence-electron chi connectivity index (χ4n) is 1.36. The maximum absolute atomic E-state index is 13.1. The first-order chi connectivity index (χ1) is 9.38. The van der Waals surface area contributed by atoms with Crippen LogP contribution < -0.4 is 5.32 Å². The Morgan fingerprint density at radius 3 is 2.55 bits per heavy atom. The molecule has 20 heavy (non-hydrogen) atoms. The summed E-state index contributed by atoms with van der Waals surface area (Å²) < 4.78 is 50.6. The van der Waals surface area contributed by atoms with Gasteiger partial charge in [-0.05, 0) is 18.2 Å². The van der Waals surface area contributed by atoms with E-state index in [0.29, 0.717) is 12.1 Å². The Labute approximate surface area is 109 Å². The second-order valence-corrected chi connectivity index (χ2v) is 3.61. The number of anilines is 1. The van der Waals surface area contributed by atoms with Crippen LogP contribution in [0.4, 0.5) is 23.5 Å². The van der Waals surface area contributed by atoms with Gasteiger partial charge in [0.05, 0.1) is 18.0 Å². The first kappa shape index (κ1) is 13.8. The summed E-state index contributed by atoms with van der Waals surface area (Å²) in [5, 5.41) is 9.02. The zero-order chi connectivity index (χ0) is 14.8. The molecule has 0 saturated heterocycles. The zero-order valence-corrected chi connectivity index (χ0v) is 9.65. The summed E-state index contributed by atoms with van der Waals surface area (Å²) in [6, 6.07) is 1.92. The maximum atomic E-state index is 13.1. The quantitative estimate of drug-likeness (QED) is 0.860. The lowest BCUT2D eigenvalue weighted by Gasteiger charge is -2.09. The van der Waals surface area contributed by atoms with Crippen LogP contribution in [0.25, 0.3) is 0 Å². The molecule has 1 aromatic heterocycles. The maximum Gasteiger partial charge on any atom is 0.419 e. The van der Waals surface area contributed by atoms with Gasteiger partial charge in [-0.15, -0.1) is 5.10 Å². The van der Waals surface area contributed by atoms with E-state index in [9.17, 15) is 22.4 Å². The molecule has 0 atom stereocenters. The highest BCUT2D eigenvalue weighted by Crippen LogP contribution is 2.31. The second kappa shape index (κ2) is 5.19. The SMILES string of the molecule is O=C(Nc1nccnn1)c1ccc(F)c(C(F)(F)F)c1. The van der Waals surface area contributed by atoms with Crippen LogP contribution in [0.5, 0.6) is 0 Å². The normalized spacial score (nSPS) is 11.2. The third-order valence-corrected chi connectivity index (χ3v) is 2.24. The van der Waals surface area contributed by atoms with Gasteiger partial charge in [-0.1, -0.05) is 0 Å². The number of hydrogen-bond donors (Lipinski definition) is 1. The molecule has 0 aliphatic heterocycles. The van der Waals surface area contributed by atoms with Crippen molar-refractivity contribution >= 4 is 11.9 Å². The number of benzene rings is 1. The van der Waals surface area contributed by atoms with Gasteiger partial charge in [0, 0.05) is 5.56 Å². The average molecular weight is 286 g/mol. The van der Waals surface area contributed by atoms with Gasteiger partial charge >= 0.3 is 6.18 Å². The first-order valence-corrected chi connectivity index (χ1v) is 5.20. The molecule has 0 unspecified atom stereocenters. The molecule has 0 aliphatic rings. The van der Waals surface area contributed by atoms with Gasteiger partial charge in [-0.2, -0.15) is 18.3 Å². The molecule has 0 radical (unpaired) electrons. The summed E-state index contributed by atoms with van der Waals surface area (Å²) >= 11 is 0. The molecule has 0 fully saturated rings. The molecule has 1 amide bonds. The minimum Gasteiger partial charge on any atom is -0.289 e. The summed E-state index contributed by atoms with van der Waals surface area (Å²) in [6.45, 7) is 0. The molecule has 104 valence electrons. The molecule has 9 heteroatoms. The Morgan fingerprint density at radius 1 is 1.20 bits per heavy atom. The Hall–Kier alpha value is -2.58. The van der Waals surface area contributed by atoms with Crippen LogP contribution >= 0.6 is 0 Å². The van der Waals surface area contributed by atoms with E-state index in [1.165, 1.54) is 12.4 Å². The third-order valence-electron chi connectivity index (χ3n) is 2.24. The molecule has 0 aliphatic carbocycles. The highest BCUT2D eigenvalue weighted by molar-refractivity contribution is 6.03. The number of nitrogens with one attached hydrogen (secondary N) is 1.